The Kier molecular flexibility index (Phi) is 11.9. The lowest BCUT2D eigenvalue weighted by Gasteiger charge is -2.30. The minimum atomic E-state index is -1.30. The van der Waals surface area contributed by atoms with E-state index in [1.54, 1.807) is 0 Å². The number of aliphatic hydroxyl groups excluding tert-OH is 1. The fourth-order valence-corrected chi connectivity index (χ4v) is 6.21. The Bertz CT molecular complexity index is 1910. The van der Waals surface area contributed by atoms with Crippen LogP contribution >= 0.6 is 0 Å². The average Bonchev–Trinajstić information content (AvgIpc) is 3.57. The molecule has 51 heavy (non-hydrogen) atoms. The summed E-state index contributed by atoms with van der Waals surface area (Å²) >= 11 is 0. The molecule has 1 heterocycles. The number of nitrogens with one attached hydrogen (secondary N) is 1. The van der Waals surface area contributed by atoms with Gasteiger partial charge in [0.25, 0.3) is 5.91 Å². The van der Waals surface area contributed by atoms with E-state index in [4.69, 9.17) is 24.3 Å². The van der Waals surface area contributed by atoms with Gasteiger partial charge >= 0.3 is 0 Å². The van der Waals surface area contributed by atoms with Crippen molar-refractivity contribution >= 4 is 17.9 Å². The second-order valence-electron chi connectivity index (χ2n) is 12.3. The number of rotatable bonds is 16. The smallest absolute Gasteiger partial charge is 0.252 e. The van der Waals surface area contributed by atoms with E-state index in [-0.39, 0.29) is 12.5 Å². The highest BCUT2D eigenvalue weighted by molar-refractivity contribution is 6.01. The molecular formula is C44H44N2O5. The molecule has 0 unspecified atom stereocenters. The van der Waals surface area contributed by atoms with E-state index < -0.39 is 11.6 Å². The molecule has 0 saturated carbocycles. The molecule has 6 rings (SSSR count). The number of para-hydroxylation sites is 1. The van der Waals surface area contributed by atoms with Gasteiger partial charge in [-0.3, -0.25) is 4.79 Å². The van der Waals surface area contributed by atoms with E-state index in [9.17, 15) is 4.79 Å². The van der Waals surface area contributed by atoms with Crippen LogP contribution in [0.1, 0.15) is 48.1 Å². The third-order valence-electron chi connectivity index (χ3n) is 8.84. The van der Waals surface area contributed by atoms with Gasteiger partial charge in [0.1, 0.15) is 11.5 Å². The molecule has 1 amide bonds. The summed E-state index contributed by atoms with van der Waals surface area (Å²) in [6.45, 7) is 3.41. The maximum absolute atomic E-state index is 14.7. The molecule has 0 aliphatic carbocycles. The number of hydrogen-bond acceptors (Lipinski definition) is 6. The molecule has 5 aromatic carbocycles. The molecule has 1 aliphatic heterocycles. The average molecular weight is 681 g/mol. The number of hydrogen-bond donors (Lipinski definition) is 2. The Morgan fingerprint density at radius 1 is 0.824 bits per heavy atom. The standard InChI is InChI=1S/C44H44N2O5/c1-2-49-40-19-10-9-18-36(40)28-30-45-43(48)44(29-11-15-33-13-5-3-6-14-33)41(37-22-20-35(21-23-37)34-16-7-4-8-17-34)51-42(46-44)38-24-26-39(27-25-38)50-32-12-31-47/h3-11,13-27,41,47H,2,12,28-32H2,1H3,(H,45,48)/b15-11+/t41-,44-/m1/s1. The van der Waals surface area contributed by atoms with Crippen molar-refractivity contribution in [1.82, 2.24) is 5.32 Å². The monoisotopic (exact) mass is 680 g/mol. The van der Waals surface area contributed by atoms with E-state index in [1.165, 1.54) is 0 Å². The first-order valence-corrected chi connectivity index (χ1v) is 17.6. The minimum Gasteiger partial charge on any atom is -0.494 e. The predicted molar refractivity (Wildman–Crippen MR) is 203 cm³/mol. The fraction of sp³-hybridized carbons (Fsp3) is 0.227. The first-order chi connectivity index (χ1) is 25.1. The molecule has 0 saturated heterocycles. The van der Waals surface area contributed by atoms with Crippen LogP contribution in [0.3, 0.4) is 0 Å². The SMILES string of the molecule is CCOc1ccccc1CCNC(=O)[C@]1(C/C=C/c2ccccc2)N=C(c2ccc(OCCCO)cc2)O[C@@H]1c1ccc(-c2ccccc2)cc1. The van der Waals surface area contributed by atoms with Crippen LogP contribution in [0.5, 0.6) is 11.5 Å². The van der Waals surface area contributed by atoms with Crippen molar-refractivity contribution in [2.75, 3.05) is 26.4 Å². The molecule has 0 aromatic heterocycles. The van der Waals surface area contributed by atoms with Crippen LogP contribution in [-0.4, -0.2) is 48.8 Å². The van der Waals surface area contributed by atoms with E-state index in [0.29, 0.717) is 50.7 Å². The quantitative estimate of drug-likeness (QED) is 0.103. The summed E-state index contributed by atoms with van der Waals surface area (Å²) in [5.74, 6) is 1.67. The van der Waals surface area contributed by atoms with Crippen molar-refractivity contribution in [2.24, 2.45) is 4.99 Å². The molecule has 0 spiro atoms. The molecule has 1 aliphatic rings. The number of amides is 1. The normalized spacial score (nSPS) is 16.7. The fourth-order valence-electron chi connectivity index (χ4n) is 6.21. The predicted octanol–water partition coefficient (Wildman–Crippen LogP) is 8.23. The largest absolute Gasteiger partial charge is 0.494 e. The summed E-state index contributed by atoms with van der Waals surface area (Å²) in [4.78, 5) is 19.8. The molecule has 2 atom stereocenters. The Hall–Kier alpha value is -5.66. The van der Waals surface area contributed by atoms with Crippen LogP contribution in [-0.2, 0) is 16.0 Å². The van der Waals surface area contributed by atoms with E-state index in [1.807, 2.05) is 128 Å². The van der Waals surface area contributed by atoms with Gasteiger partial charge in [0.15, 0.2) is 11.6 Å². The molecule has 0 radical (unpaired) electrons. The molecule has 5 aromatic rings. The van der Waals surface area contributed by atoms with Crippen LogP contribution in [0, 0.1) is 0 Å². The summed E-state index contributed by atoms with van der Waals surface area (Å²) in [5, 5.41) is 12.4. The van der Waals surface area contributed by atoms with E-state index >= 15 is 0 Å². The number of benzene rings is 5. The lowest BCUT2D eigenvalue weighted by Crippen LogP contribution is -2.48. The first-order valence-electron chi connectivity index (χ1n) is 17.6. The summed E-state index contributed by atoms with van der Waals surface area (Å²) in [5.41, 5.74) is 4.53. The van der Waals surface area contributed by atoms with Gasteiger partial charge in [-0.15, -0.1) is 0 Å². The lowest BCUT2D eigenvalue weighted by molar-refractivity contribution is -0.128. The van der Waals surface area contributed by atoms with Crippen molar-refractivity contribution in [3.05, 3.63) is 162 Å². The second-order valence-corrected chi connectivity index (χ2v) is 12.3. The first kappa shape index (κ1) is 35.2. The van der Waals surface area contributed by atoms with Gasteiger partial charge in [-0.05, 0) is 71.5 Å². The highest BCUT2D eigenvalue weighted by Gasteiger charge is 2.52. The zero-order valence-electron chi connectivity index (χ0n) is 28.9. The van der Waals surface area contributed by atoms with Crippen LogP contribution in [0.4, 0.5) is 0 Å². The van der Waals surface area contributed by atoms with Gasteiger partial charge in [-0.25, -0.2) is 4.99 Å². The summed E-state index contributed by atoms with van der Waals surface area (Å²) < 4.78 is 18.3. The number of nitrogens with zero attached hydrogens (tertiary/aromatic N) is 1. The molecule has 7 heteroatoms. The van der Waals surface area contributed by atoms with Crippen LogP contribution in [0.15, 0.2) is 145 Å². The number of carbonyl (C=O) groups excluding carboxylic acids is 1. The Morgan fingerprint density at radius 2 is 1.49 bits per heavy atom. The van der Waals surface area contributed by atoms with E-state index in [2.05, 4.69) is 29.6 Å². The zero-order valence-corrected chi connectivity index (χ0v) is 28.9. The Balaban J connectivity index is 1.35. The Morgan fingerprint density at radius 3 is 2.22 bits per heavy atom. The van der Waals surface area contributed by atoms with Crippen LogP contribution in [0.2, 0.25) is 0 Å². The number of carbonyl (C=O) groups is 1. The van der Waals surface area contributed by atoms with Gasteiger partial charge in [-0.1, -0.05) is 115 Å². The third-order valence-corrected chi connectivity index (χ3v) is 8.84. The second kappa shape index (κ2) is 17.3. The van der Waals surface area contributed by atoms with Crippen molar-refractivity contribution in [1.29, 1.82) is 0 Å². The van der Waals surface area contributed by atoms with E-state index in [0.717, 1.165) is 39.1 Å². The summed E-state index contributed by atoms with van der Waals surface area (Å²) in [7, 11) is 0. The minimum absolute atomic E-state index is 0.0678. The number of aliphatic hydroxyl groups is 1. The van der Waals surface area contributed by atoms with Crippen molar-refractivity contribution in [3.63, 3.8) is 0 Å². The molecule has 7 nitrogen and oxygen atoms in total. The number of ether oxygens (including phenoxy) is 3. The molecular weight excluding hydrogens is 636 g/mol. The van der Waals surface area contributed by atoms with Crippen molar-refractivity contribution in [3.8, 4) is 22.6 Å². The van der Waals surface area contributed by atoms with Crippen molar-refractivity contribution < 1.29 is 24.1 Å². The summed E-state index contributed by atoms with van der Waals surface area (Å²) in [6.07, 6.45) is 4.79. The van der Waals surface area contributed by atoms with Gasteiger partial charge < -0.3 is 24.6 Å². The molecule has 0 fully saturated rings. The molecule has 2 N–H and O–H groups in total. The highest BCUT2D eigenvalue weighted by Crippen LogP contribution is 2.43. The van der Waals surface area contributed by atoms with Gasteiger partial charge in [0.2, 0.25) is 5.90 Å². The van der Waals surface area contributed by atoms with Gasteiger partial charge in [0, 0.05) is 31.6 Å². The molecule has 260 valence electrons. The summed E-state index contributed by atoms with van der Waals surface area (Å²) in [6, 6.07) is 43.8. The third kappa shape index (κ3) is 8.74. The highest BCUT2D eigenvalue weighted by atomic mass is 16.5. The topological polar surface area (TPSA) is 89.4 Å². The maximum atomic E-state index is 14.7. The van der Waals surface area contributed by atoms with Crippen molar-refractivity contribution in [2.45, 2.75) is 37.8 Å². The van der Waals surface area contributed by atoms with Crippen LogP contribution in [0.25, 0.3) is 17.2 Å². The zero-order chi connectivity index (χ0) is 35.3. The lowest BCUT2D eigenvalue weighted by atomic mass is 9.83. The Labute approximate surface area is 300 Å². The van der Waals surface area contributed by atoms with Crippen LogP contribution < -0.4 is 14.8 Å². The van der Waals surface area contributed by atoms with Gasteiger partial charge in [0.05, 0.1) is 13.2 Å². The maximum Gasteiger partial charge on any atom is 0.252 e. The van der Waals surface area contributed by atoms with Gasteiger partial charge in [-0.2, -0.15) is 0 Å². The molecule has 0 bridgehead atoms. The number of aliphatic imine (C=N–C) groups is 1.